The molecule has 3 N–H and O–H groups in total. The molecule has 11 heteroatoms. The number of anilines is 2. The van der Waals surface area contributed by atoms with Gasteiger partial charge in [-0.15, -0.1) is 5.10 Å². The number of nitrogens with zero attached hydrogens (tertiary/aromatic N) is 4. The normalized spacial score (nSPS) is 13.9. The van der Waals surface area contributed by atoms with Gasteiger partial charge < -0.3 is 20.1 Å². The second-order valence-corrected chi connectivity index (χ2v) is 8.08. The van der Waals surface area contributed by atoms with E-state index in [-0.39, 0.29) is 45.0 Å². The highest BCUT2D eigenvalue weighted by molar-refractivity contribution is 6.37. The molecule has 0 bridgehead atoms. The Morgan fingerprint density at radius 1 is 1.23 bits per heavy atom. The fourth-order valence-corrected chi connectivity index (χ4v) is 4.15. The third kappa shape index (κ3) is 4.67. The van der Waals surface area contributed by atoms with Crippen LogP contribution < -0.4 is 10.1 Å². The molecular weight excluding hydrogens is 443 g/mol. The molecule has 4 rings (SSSR count). The van der Waals surface area contributed by atoms with E-state index in [4.69, 9.17) is 27.9 Å². The number of phenolic OH excluding ortho intramolecular Hbond substituents is 1. The van der Waals surface area contributed by atoms with Crippen molar-refractivity contribution in [1.29, 1.82) is 0 Å². The van der Waals surface area contributed by atoms with Crippen molar-refractivity contribution in [3.63, 3.8) is 0 Å². The summed E-state index contributed by atoms with van der Waals surface area (Å²) in [7, 11) is 1.76. The van der Waals surface area contributed by atoms with Crippen LogP contribution in [0.25, 0.3) is 0 Å². The minimum Gasteiger partial charge on any atom is -0.507 e. The molecule has 0 aliphatic heterocycles. The molecule has 3 aromatic rings. The summed E-state index contributed by atoms with van der Waals surface area (Å²) in [6.45, 7) is 0. The molecule has 1 aliphatic rings. The number of aromatic amines is 1. The fraction of sp³-hybridized carbons (Fsp3) is 0.300. The van der Waals surface area contributed by atoms with Gasteiger partial charge in [0, 0.05) is 18.8 Å². The molecular formula is C20H20Cl2N6O3. The van der Waals surface area contributed by atoms with Crippen molar-refractivity contribution < 1.29 is 14.6 Å². The van der Waals surface area contributed by atoms with Crippen LogP contribution in [0.5, 0.6) is 17.2 Å². The zero-order valence-corrected chi connectivity index (χ0v) is 18.1. The predicted octanol–water partition coefficient (Wildman–Crippen LogP) is 4.76. The Balaban J connectivity index is 1.55. The van der Waals surface area contributed by atoms with Gasteiger partial charge in [-0.3, -0.25) is 4.79 Å². The molecule has 0 radical (unpaired) electrons. The quantitative estimate of drug-likeness (QED) is 0.483. The van der Waals surface area contributed by atoms with Crippen LogP contribution in [0.15, 0.2) is 30.3 Å². The topological polar surface area (TPSA) is 116 Å². The van der Waals surface area contributed by atoms with Crippen LogP contribution >= 0.6 is 23.2 Å². The lowest BCUT2D eigenvalue weighted by Gasteiger charge is -2.25. The number of ether oxygens (including phenoxy) is 1. The van der Waals surface area contributed by atoms with E-state index in [1.807, 2.05) is 0 Å². The number of nitrogens with one attached hydrogen (secondary N) is 2. The van der Waals surface area contributed by atoms with Gasteiger partial charge in [0.25, 0.3) is 11.9 Å². The molecule has 162 valence electrons. The van der Waals surface area contributed by atoms with Crippen LogP contribution in [0, 0.1) is 0 Å². The van der Waals surface area contributed by atoms with Crippen LogP contribution in [0.1, 0.15) is 36.0 Å². The summed E-state index contributed by atoms with van der Waals surface area (Å²) in [5, 5.41) is 27.0. The fourth-order valence-electron chi connectivity index (χ4n) is 3.59. The third-order valence-electron chi connectivity index (χ3n) is 5.21. The van der Waals surface area contributed by atoms with E-state index in [1.165, 1.54) is 12.1 Å². The van der Waals surface area contributed by atoms with Crippen molar-refractivity contribution >= 4 is 40.7 Å². The minimum absolute atomic E-state index is 0.112. The molecule has 1 saturated carbocycles. The number of carbonyl (C=O) groups is 1. The molecule has 1 amide bonds. The second-order valence-electron chi connectivity index (χ2n) is 7.26. The predicted molar refractivity (Wildman–Crippen MR) is 116 cm³/mol. The lowest BCUT2D eigenvalue weighted by molar-refractivity contribution is 0.0732. The first-order valence-electron chi connectivity index (χ1n) is 9.70. The van der Waals surface area contributed by atoms with Gasteiger partial charge in [-0.2, -0.15) is 5.21 Å². The average molecular weight is 463 g/mol. The average Bonchev–Trinajstić information content (AvgIpc) is 3.45. The van der Waals surface area contributed by atoms with Gasteiger partial charge in [-0.05, 0) is 48.4 Å². The number of phenols is 1. The number of amides is 1. The molecule has 0 saturated heterocycles. The first kappa shape index (κ1) is 21.2. The summed E-state index contributed by atoms with van der Waals surface area (Å²) in [5.41, 5.74) is 0.707. The number of rotatable bonds is 6. The van der Waals surface area contributed by atoms with E-state index in [0.717, 1.165) is 25.7 Å². The summed E-state index contributed by atoms with van der Waals surface area (Å²) in [6.07, 6.45) is 4.14. The number of aromatic hydroxyl groups is 1. The number of H-pyrrole nitrogens is 1. The van der Waals surface area contributed by atoms with Gasteiger partial charge in [0.1, 0.15) is 11.5 Å². The maximum atomic E-state index is 12.9. The Bertz CT molecular complexity index is 1060. The number of hydrogen-bond acceptors (Lipinski definition) is 7. The molecule has 9 nitrogen and oxygen atoms in total. The Kier molecular flexibility index (Phi) is 6.15. The number of benzene rings is 2. The lowest BCUT2D eigenvalue weighted by atomic mass is 10.1. The molecule has 0 spiro atoms. The van der Waals surface area contributed by atoms with Crippen molar-refractivity contribution in [1.82, 2.24) is 25.5 Å². The largest absolute Gasteiger partial charge is 0.507 e. The second kappa shape index (κ2) is 8.99. The van der Waals surface area contributed by atoms with Crippen LogP contribution in [0.4, 0.5) is 11.6 Å². The number of carbonyl (C=O) groups excluding carboxylic acids is 1. The highest BCUT2D eigenvalue weighted by Crippen LogP contribution is 2.40. The molecule has 31 heavy (non-hydrogen) atoms. The first-order chi connectivity index (χ1) is 14.9. The minimum atomic E-state index is -0.258. The summed E-state index contributed by atoms with van der Waals surface area (Å²) in [4.78, 5) is 14.6. The van der Waals surface area contributed by atoms with Gasteiger partial charge >= 0.3 is 0 Å². The summed E-state index contributed by atoms with van der Waals surface area (Å²) in [5.74, 6) is 0.429. The van der Waals surface area contributed by atoms with Gasteiger partial charge in [0.2, 0.25) is 0 Å². The maximum Gasteiger partial charge on any atom is 0.267 e. The van der Waals surface area contributed by atoms with Crippen molar-refractivity contribution in [2.45, 2.75) is 31.7 Å². The molecule has 1 aromatic heterocycles. The van der Waals surface area contributed by atoms with Crippen molar-refractivity contribution in [2.24, 2.45) is 0 Å². The number of hydrogen-bond donors (Lipinski definition) is 3. The number of halogens is 2. The Morgan fingerprint density at radius 3 is 2.58 bits per heavy atom. The van der Waals surface area contributed by atoms with Crippen molar-refractivity contribution in [2.75, 3.05) is 12.4 Å². The summed E-state index contributed by atoms with van der Waals surface area (Å²) in [6, 6.07) is 7.82. The van der Waals surface area contributed by atoms with Crippen LogP contribution in [0.3, 0.4) is 0 Å². The van der Waals surface area contributed by atoms with E-state index in [2.05, 4.69) is 25.9 Å². The van der Waals surface area contributed by atoms with E-state index >= 15 is 0 Å². The first-order valence-corrected chi connectivity index (χ1v) is 10.5. The monoisotopic (exact) mass is 462 g/mol. The third-order valence-corrected chi connectivity index (χ3v) is 5.77. The summed E-state index contributed by atoms with van der Waals surface area (Å²) >= 11 is 12.7. The van der Waals surface area contributed by atoms with E-state index in [0.29, 0.717) is 11.4 Å². The highest BCUT2D eigenvalue weighted by Gasteiger charge is 2.26. The molecule has 0 unspecified atom stereocenters. The Labute approximate surface area is 188 Å². The van der Waals surface area contributed by atoms with Crippen molar-refractivity contribution in [3.8, 4) is 17.2 Å². The number of tetrazole rings is 1. The molecule has 1 fully saturated rings. The number of aromatic nitrogens is 4. The highest BCUT2D eigenvalue weighted by atomic mass is 35.5. The lowest BCUT2D eigenvalue weighted by Crippen LogP contribution is -2.35. The van der Waals surface area contributed by atoms with E-state index in [1.54, 1.807) is 30.1 Å². The zero-order valence-electron chi connectivity index (χ0n) is 16.6. The Morgan fingerprint density at radius 2 is 1.94 bits per heavy atom. The SMILES string of the molecule is CN(C(=O)c1cc(Oc2c(Cl)cc(Nc3nn[nH]n3)cc2Cl)ccc1O)C1CCCC1. The van der Waals surface area contributed by atoms with Crippen LogP contribution in [-0.2, 0) is 0 Å². The van der Waals surface area contributed by atoms with Gasteiger partial charge in [0.05, 0.1) is 15.6 Å². The van der Waals surface area contributed by atoms with E-state index < -0.39 is 0 Å². The van der Waals surface area contributed by atoms with Crippen molar-refractivity contribution in [3.05, 3.63) is 45.9 Å². The van der Waals surface area contributed by atoms with Crippen LogP contribution in [0.2, 0.25) is 10.0 Å². The van der Waals surface area contributed by atoms with Crippen LogP contribution in [-0.4, -0.2) is 49.6 Å². The standard InChI is InChI=1S/C20H20Cl2N6O3/c1-28(12-4-2-3-5-12)19(30)14-10-13(6-7-17(14)29)31-18-15(21)8-11(9-16(18)22)23-20-24-26-27-25-20/h6-10,12,29H,2-5H2,1H3,(H2,23,24,25,26,27). The van der Waals surface area contributed by atoms with Gasteiger partial charge in [0.15, 0.2) is 5.75 Å². The smallest absolute Gasteiger partial charge is 0.267 e. The maximum absolute atomic E-state index is 12.9. The molecule has 2 aromatic carbocycles. The van der Waals surface area contributed by atoms with E-state index in [9.17, 15) is 9.90 Å². The zero-order chi connectivity index (χ0) is 22.0. The van der Waals surface area contributed by atoms with Gasteiger partial charge in [-0.1, -0.05) is 41.1 Å². The summed E-state index contributed by atoms with van der Waals surface area (Å²) < 4.78 is 5.86. The molecule has 1 aliphatic carbocycles. The van der Waals surface area contributed by atoms with Gasteiger partial charge in [-0.25, -0.2) is 0 Å². The Hall–Kier alpha value is -3.04. The molecule has 1 heterocycles. The molecule has 0 atom stereocenters.